The maximum absolute atomic E-state index is 11.0. The third-order valence-corrected chi connectivity index (χ3v) is 2.53. The lowest BCUT2D eigenvalue weighted by Gasteiger charge is -2.27. The van der Waals surface area contributed by atoms with Gasteiger partial charge in [-0.2, -0.15) is 0 Å². The number of nitro groups is 1. The Labute approximate surface area is 105 Å². The van der Waals surface area contributed by atoms with Crippen LogP contribution in [0, 0.1) is 10.1 Å². The van der Waals surface area contributed by atoms with Crippen molar-refractivity contribution in [1.29, 1.82) is 0 Å². The van der Waals surface area contributed by atoms with Gasteiger partial charge in [0.1, 0.15) is 5.82 Å². The smallest absolute Gasteiger partial charge is 0.311 e. The monoisotopic (exact) mass is 254 g/mol. The predicted molar refractivity (Wildman–Crippen MR) is 69.5 cm³/mol. The standard InChI is InChI=1S/C11H18N4O3/c1-8(2)14(6-3-7-16)11-9(15(17)18)4-5-10(12)13-11/h4-5,8,16H,3,6-7H2,1-2H3,(H2,12,13). The SMILES string of the molecule is CC(C)N(CCCO)c1nc(N)ccc1[N+](=O)[O-]. The first-order chi connectivity index (χ1) is 8.47. The second kappa shape index (κ2) is 6.15. The van der Waals surface area contributed by atoms with Crippen molar-refractivity contribution < 1.29 is 10.0 Å². The molecule has 0 aliphatic carbocycles. The van der Waals surface area contributed by atoms with Crippen LogP contribution < -0.4 is 10.6 Å². The minimum absolute atomic E-state index is 0.0271. The molecule has 7 nitrogen and oxygen atoms in total. The van der Waals surface area contributed by atoms with E-state index in [1.165, 1.54) is 12.1 Å². The Balaban J connectivity index is 3.16. The zero-order chi connectivity index (χ0) is 13.7. The number of aliphatic hydroxyl groups is 1. The highest BCUT2D eigenvalue weighted by atomic mass is 16.6. The molecule has 0 saturated carbocycles. The summed E-state index contributed by atoms with van der Waals surface area (Å²) in [5.41, 5.74) is 5.51. The maximum atomic E-state index is 11.0. The molecular weight excluding hydrogens is 236 g/mol. The van der Waals surface area contributed by atoms with Gasteiger partial charge in [-0.3, -0.25) is 10.1 Å². The molecule has 0 fully saturated rings. The summed E-state index contributed by atoms with van der Waals surface area (Å²) in [5, 5.41) is 19.9. The highest BCUT2D eigenvalue weighted by molar-refractivity contribution is 5.61. The first-order valence-corrected chi connectivity index (χ1v) is 5.75. The Morgan fingerprint density at radius 1 is 1.56 bits per heavy atom. The van der Waals surface area contributed by atoms with Crippen LogP contribution in [-0.4, -0.2) is 34.2 Å². The molecule has 0 aromatic carbocycles. The molecule has 0 unspecified atom stereocenters. The van der Waals surface area contributed by atoms with Crippen LogP contribution in [0.2, 0.25) is 0 Å². The van der Waals surface area contributed by atoms with Gasteiger partial charge in [-0.25, -0.2) is 4.98 Å². The van der Waals surface area contributed by atoms with E-state index in [9.17, 15) is 10.1 Å². The van der Waals surface area contributed by atoms with Gasteiger partial charge in [0, 0.05) is 25.3 Å². The first-order valence-electron chi connectivity index (χ1n) is 5.75. The van der Waals surface area contributed by atoms with E-state index >= 15 is 0 Å². The van der Waals surface area contributed by atoms with Crippen LogP contribution in [-0.2, 0) is 0 Å². The highest BCUT2D eigenvalue weighted by Gasteiger charge is 2.23. The number of aliphatic hydroxyl groups excluding tert-OH is 1. The molecule has 0 saturated heterocycles. The molecule has 0 bridgehead atoms. The van der Waals surface area contributed by atoms with E-state index in [2.05, 4.69) is 4.98 Å². The number of hydrogen-bond acceptors (Lipinski definition) is 6. The second-order valence-electron chi connectivity index (χ2n) is 4.20. The van der Waals surface area contributed by atoms with Crippen molar-refractivity contribution in [2.75, 3.05) is 23.8 Å². The van der Waals surface area contributed by atoms with Gasteiger partial charge >= 0.3 is 5.69 Å². The van der Waals surface area contributed by atoms with Gasteiger partial charge in [0.05, 0.1) is 4.92 Å². The zero-order valence-corrected chi connectivity index (χ0v) is 10.5. The quantitative estimate of drug-likeness (QED) is 0.583. The van der Waals surface area contributed by atoms with Crippen molar-refractivity contribution in [1.82, 2.24) is 4.98 Å². The molecule has 1 heterocycles. The van der Waals surface area contributed by atoms with Crippen LogP contribution in [0.4, 0.5) is 17.3 Å². The predicted octanol–water partition coefficient (Wildman–Crippen LogP) is 1.17. The number of nitrogens with zero attached hydrogens (tertiary/aromatic N) is 3. The van der Waals surface area contributed by atoms with Gasteiger partial charge in [0.15, 0.2) is 0 Å². The van der Waals surface area contributed by atoms with E-state index in [0.717, 1.165) is 0 Å². The molecule has 7 heteroatoms. The number of rotatable bonds is 6. The maximum Gasteiger partial charge on any atom is 0.311 e. The van der Waals surface area contributed by atoms with Crippen molar-refractivity contribution in [2.24, 2.45) is 0 Å². The fourth-order valence-electron chi connectivity index (χ4n) is 1.66. The molecule has 0 spiro atoms. The Bertz CT molecular complexity index is 423. The molecule has 100 valence electrons. The molecule has 18 heavy (non-hydrogen) atoms. The third-order valence-electron chi connectivity index (χ3n) is 2.53. The van der Waals surface area contributed by atoms with Crippen LogP contribution in [0.25, 0.3) is 0 Å². The topological polar surface area (TPSA) is 106 Å². The van der Waals surface area contributed by atoms with E-state index in [1.807, 2.05) is 13.8 Å². The fraction of sp³-hybridized carbons (Fsp3) is 0.545. The molecule has 0 atom stereocenters. The van der Waals surface area contributed by atoms with E-state index in [4.69, 9.17) is 10.8 Å². The van der Waals surface area contributed by atoms with Crippen molar-refractivity contribution in [2.45, 2.75) is 26.3 Å². The zero-order valence-electron chi connectivity index (χ0n) is 10.5. The largest absolute Gasteiger partial charge is 0.396 e. The minimum atomic E-state index is -0.476. The molecule has 0 aliphatic rings. The summed E-state index contributed by atoms with van der Waals surface area (Å²) >= 11 is 0. The lowest BCUT2D eigenvalue weighted by molar-refractivity contribution is -0.384. The average molecular weight is 254 g/mol. The van der Waals surface area contributed by atoms with Crippen LogP contribution in [0.3, 0.4) is 0 Å². The summed E-state index contributed by atoms with van der Waals surface area (Å²) in [6.45, 7) is 4.34. The summed E-state index contributed by atoms with van der Waals surface area (Å²) in [6.07, 6.45) is 0.520. The van der Waals surface area contributed by atoms with Gasteiger partial charge in [0.25, 0.3) is 0 Å². The Morgan fingerprint density at radius 2 is 2.22 bits per heavy atom. The van der Waals surface area contributed by atoms with Crippen LogP contribution in [0.15, 0.2) is 12.1 Å². The van der Waals surface area contributed by atoms with Crippen molar-refractivity contribution in [3.63, 3.8) is 0 Å². The molecule has 0 amide bonds. The van der Waals surface area contributed by atoms with Gasteiger partial charge in [-0.1, -0.05) is 0 Å². The average Bonchev–Trinajstić information content (AvgIpc) is 2.28. The fourth-order valence-corrected chi connectivity index (χ4v) is 1.66. The lowest BCUT2D eigenvalue weighted by Crippen LogP contribution is -2.33. The van der Waals surface area contributed by atoms with Gasteiger partial charge in [-0.05, 0) is 26.3 Å². The number of nitrogen functional groups attached to an aromatic ring is 1. The van der Waals surface area contributed by atoms with Crippen molar-refractivity contribution >= 4 is 17.3 Å². The van der Waals surface area contributed by atoms with E-state index in [-0.39, 0.29) is 30.0 Å². The summed E-state index contributed by atoms with van der Waals surface area (Å²) < 4.78 is 0. The summed E-state index contributed by atoms with van der Waals surface area (Å²) in [7, 11) is 0. The van der Waals surface area contributed by atoms with E-state index in [0.29, 0.717) is 13.0 Å². The van der Waals surface area contributed by atoms with Crippen LogP contribution in [0.1, 0.15) is 20.3 Å². The Morgan fingerprint density at radius 3 is 2.72 bits per heavy atom. The Kier molecular flexibility index (Phi) is 4.85. The normalized spacial score (nSPS) is 10.7. The minimum Gasteiger partial charge on any atom is -0.396 e. The number of aromatic nitrogens is 1. The molecule has 0 aliphatic heterocycles. The number of hydrogen-bond donors (Lipinski definition) is 2. The molecule has 1 aromatic rings. The first kappa shape index (κ1) is 14.2. The van der Waals surface area contributed by atoms with Crippen molar-refractivity contribution in [3.05, 3.63) is 22.2 Å². The third kappa shape index (κ3) is 3.30. The van der Waals surface area contributed by atoms with Crippen LogP contribution in [0.5, 0.6) is 0 Å². The summed E-state index contributed by atoms with van der Waals surface area (Å²) in [4.78, 5) is 16.3. The molecule has 0 radical (unpaired) electrons. The molecule has 1 aromatic heterocycles. The molecule has 1 rings (SSSR count). The highest BCUT2D eigenvalue weighted by Crippen LogP contribution is 2.28. The van der Waals surface area contributed by atoms with E-state index in [1.54, 1.807) is 4.90 Å². The summed E-state index contributed by atoms with van der Waals surface area (Å²) in [6, 6.07) is 2.79. The van der Waals surface area contributed by atoms with Gasteiger partial charge in [-0.15, -0.1) is 0 Å². The van der Waals surface area contributed by atoms with Crippen LogP contribution >= 0.6 is 0 Å². The second-order valence-corrected chi connectivity index (χ2v) is 4.20. The lowest BCUT2D eigenvalue weighted by atomic mass is 10.2. The summed E-state index contributed by atoms with van der Waals surface area (Å²) in [5.74, 6) is 0.494. The molecular formula is C11H18N4O3. The van der Waals surface area contributed by atoms with Gasteiger partial charge < -0.3 is 15.7 Å². The number of pyridine rings is 1. The molecule has 3 N–H and O–H groups in total. The van der Waals surface area contributed by atoms with Crippen molar-refractivity contribution in [3.8, 4) is 0 Å². The van der Waals surface area contributed by atoms with Gasteiger partial charge in [0.2, 0.25) is 5.82 Å². The number of nitrogens with two attached hydrogens (primary N) is 1. The number of anilines is 2. The Hall–Kier alpha value is -1.89. The van der Waals surface area contributed by atoms with E-state index < -0.39 is 4.92 Å².